The standard InChI is InChI=1S/C14H10ClN3/c15-10-7-5-9(6-8-10)13-11-3-1-2-4-12(11)17-14(16)18-13/h1-8H,(H2,16,17,18). The van der Waals surface area contributed by atoms with Crippen LogP contribution in [-0.2, 0) is 0 Å². The normalized spacial score (nSPS) is 10.7. The maximum atomic E-state index is 5.89. The summed E-state index contributed by atoms with van der Waals surface area (Å²) >= 11 is 5.89. The van der Waals surface area contributed by atoms with E-state index in [0.29, 0.717) is 5.02 Å². The molecule has 88 valence electrons. The van der Waals surface area contributed by atoms with Crippen molar-refractivity contribution in [2.24, 2.45) is 0 Å². The molecular formula is C14H10ClN3. The molecule has 0 radical (unpaired) electrons. The molecule has 0 bridgehead atoms. The van der Waals surface area contributed by atoms with Gasteiger partial charge in [0, 0.05) is 16.0 Å². The molecule has 0 spiro atoms. The molecule has 3 aromatic rings. The molecule has 0 saturated carbocycles. The summed E-state index contributed by atoms with van der Waals surface area (Å²) in [6.07, 6.45) is 0. The molecule has 4 heteroatoms. The van der Waals surface area contributed by atoms with E-state index in [2.05, 4.69) is 9.97 Å². The lowest BCUT2D eigenvalue weighted by molar-refractivity contribution is 1.24. The molecule has 2 aromatic carbocycles. The molecule has 0 aliphatic heterocycles. The second kappa shape index (κ2) is 4.27. The van der Waals surface area contributed by atoms with Gasteiger partial charge in [-0.2, -0.15) is 0 Å². The molecule has 0 saturated heterocycles. The highest BCUT2D eigenvalue weighted by Gasteiger charge is 2.07. The number of aromatic nitrogens is 2. The van der Waals surface area contributed by atoms with Crippen molar-refractivity contribution in [3.63, 3.8) is 0 Å². The zero-order chi connectivity index (χ0) is 12.5. The fourth-order valence-electron chi connectivity index (χ4n) is 1.92. The quantitative estimate of drug-likeness (QED) is 0.724. The van der Waals surface area contributed by atoms with E-state index < -0.39 is 0 Å². The first-order valence-electron chi connectivity index (χ1n) is 5.52. The fraction of sp³-hybridized carbons (Fsp3) is 0. The predicted octanol–water partition coefficient (Wildman–Crippen LogP) is 3.53. The number of nitrogen functional groups attached to an aromatic ring is 1. The van der Waals surface area contributed by atoms with Gasteiger partial charge in [-0.3, -0.25) is 0 Å². The maximum absolute atomic E-state index is 5.89. The fourth-order valence-corrected chi connectivity index (χ4v) is 2.05. The van der Waals surface area contributed by atoms with Gasteiger partial charge in [-0.1, -0.05) is 41.9 Å². The summed E-state index contributed by atoms with van der Waals surface area (Å²) in [5.41, 5.74) is 8.39. The van der Waals surface area contributed by atoms with Gasteiger partial charge in [-0.15, -0.1) is 0 Å². The number of nitrogens with two attached hydrogens (primary N) is 1. The Kier molecular flexibility index (Phi) is 2.61. The van der Waals surface area contributed by atoms with Gasteiger partial charge in [-0.25, -0.2) is 9.97 Å². The molecule has 0 atom stereocenters. The summed E-state index contributed by atoms with van der Waals surface area (Å²) in [5, 5.41) is 1.68. The molecule has 3 nitrogen and oxygen atoms in total. The van der Waals surface area contributed by atoms with E-state index in [1.54, 1.807) is 0 Å². The van der Waals surface area contributed by atoms with Crippen LogP contribution in [0, 0.1) is 0 Å². The molecule has 18 heavy (non-hydrogen) atoms. The van der Waals surface area contributed by atoms with Crippen LogP contribution in [0.1, 0.15) is 0 Å². The Balaban J connectivity index is 2.31. The van der Waals surface area contributed by atoms with E-state index in [9.17, 15) is 0 Å². The maximum Gasteiger partial charge on any atom is 0.221 e. The van der Waals surface area contributed by atoms with E-state index >= 15 is 0 Å². The Labute approximate surface area is 109 Å². The summed E-state index contributed by atoms with van der Waals surface area (Å²) in [6, 6.07) is 15.3. The number of nitrogens with zero attached hydrogens (tertiary/aromatic N) is 2. The smallest absolute Gasteiger partial charge is 0.221 e. The predicted molar refractivity (Wildman–Crippen MR) is 74.4 cm³/mol. The van der Waals surface area contributed by atoms with Gasteiger partial charge in [0.25, 0.3) is 0 Å². The molecule has 1 aromatic heterocycles. The highest BCUT2D eigenvalue weighted by Crippen LogP contribution is 2.27. The number of benzene rings is 2. The lowest BCUT2D eigenvalue weighted by Gasteiger charge is -2.06. The van der Waals surface area contributed by atoms with Gasteiger partial charge in [0.05, 0.1) is 11.2 Å². The van der Waals surface area contributed by atoms with Crippen LogP contribution in [-0.4, -0.2) is 9.97 Å². The Hall–Kier alpha value is -2.13. The van der Waals surface area contributed by atoms with Gasteiger partial charge in [0.1, 0.15) is 0 Å². The molecule has 0 fully saturated rings. The average molecular weight is 256 g/mol. The largest absolute Gasteiger partial charge is 0.368 e. The minimum Gasteiger partial charge on any atom is -0.368 e. The number of hydrogen-bond donors (Lipinski definition) is 1. The second-order valence-corrected chi connectivity index (χ2v) is 4.39. The van der Waals surface area contributed by atoms with Crippen molar-refractivity contribution in [1.82, 2.24) is 9.97 Å². The van der Waals surface area contributed by atoms with Gasteiger partial charge < -0.3 is 5.73 Å². The average Bonchev–Trinajstić information content (AvgIpc) is 2.38. The van der Waals surface area contributed by atoms with Crippen LogP contribution in [0.3, 0.4) is 0 Å². The Morgan fingerprint density at radius 1 is 0.889 bits per heavy atom. The van der Waals surface area contributed by atoms with Crippen LogP contribution in [0.25, 0.3) is 22.2 Å². The van der Waals surface area contributed by atoms with E-state index in [0.717, 1.165) is 22.2 Å². The lowest BCUT2D eigenvalue weighted by Crippen LogP contribution is -1.97. The minimum atomic E-state index is 0.277. The Morgan fingerprint density at radius 2 is 1.61 bits per heavy atom. The number of fused-ring (bicyclic) bond motifs is 1. The summed E-state index contributed by atoms with van der Waals surface area (Å²) in [4.78, 5) is 8.54. The van der Waals surface area contributed by atoms with E-state index in [1.807, 2.05) is 48.5 Å². The molecule has 0 aliphatic carbocycles. The van der Waals surface area contributed by atoms with Crippen LogP contribution < -0.4 is 5.73 Å². The third-order valence-electron chi connectivity index (χ3n) is 2.74. The van der Waals surface area contributed by atoms with E-state index in [-0.39, 0.29) is 5.95 Å². The van der Waals surface area contributed by atoms with Crippen molar-refractivity contribution in [1.29, 1.82) is 0 Å². The van der Waals surface area contributed by atoms with Gasteiger partial charge in [0.2, 0.25) is 5.95 Å². The van der Waals surface area contributed by atoms with Crippen LogP contribution in [0.2, 0.25) is 5.02 Å². The van der Waals surface area contributed by atoms with Crippen molar-refractivity contribution in [2.75, 3.05) is 5.73 Å². The molecular weight excluding hydrogens is 246 g/mol. The highest BCUT2D eigenvalue weighted by molar-refractivity contribution is 6.30. The number of anilines is 1. The monoisotopic (exact) mass is 255 g/mol. The van der Waals surface area contributed by atoms with E-state index in [4.69, 9.17) is 17.3 Å². The summed E-state index contributed by atoms with van der Waals surface area (Å²) in [5.74, 6) is 0.277. The molecule has 1 heterocycles. The zero-order valence-electron chi connectivity index (χ0n) is 9.47. The second-order valence-electron chi connectivity index (χ2n) is 3.95. The Morgan fingerprint density at radius 3 is 2.39 bits per heavy atom. The number of para-hydroxylation sites is 1. The molecule has 3 rings (SSSR count). The summed E-state index contributed by atoms with van der Waals surface area (Å²) < 4.78 is 0. The topological polar surface area (TPSA) is 51.8 Å². The summed E-state index contributed by atoms with van der Waals surface area (Å²) in [7, 11) is 0. The van der Waals surface area contributed by atoms with Gasteiger partial charge in [0.15, 0.2) is 0 Å². The first kappa shape index (κ1) is 11.0. The van der Waals surface area contributed by atoms with Crippen molar-refractivity contribution in [3.8, 4) is 11.3 Å². The van der Waals surface area contributed by atoms with Crippen molar-refractivity contribution < 1.29 is 0 Å². The van der Waals surface area contributed by atoms with Crippen molar-refractivity contribution >= 4 is 28.5 Å². The van der Waals surface area contributed by atoms with Gasteiger partial charge >= 0.3 is 0 Å². The van der Waals surface area contributed by atoms with Crippen LogP contribution in [0.15, 0.2) is 48.5 Å². The highest BCUT2D eigenvalue weighted by atomic mass is 35.5. The first-order chi connectivity index (χ1) is 8.74. The van der Waals surface area contributed by atoms with Crippen molar-refractivity contribution in [2.45, 2.75) is 0 Å². The zero-order valence-corrected chi connectivity index (χ0v) is 10.2. The first-order valence-corrected chi connectivity index (χ1v) is 5.90. The lowest BCUT2D eigenvalue weighted by atomic mass is 10.1. The number of rotatable bonds is 1. The number of halogens is 1. The summed E-state index contributed by atoms with van der Waals surface area (Å²) in [6.45, 7) is 0. The number of hydrogen-bond acceptors (Lipinski definition) is 3. The van der Waals surface area contributed by atoms with Crippen molar-refractivity contribution in [3.05, 3.63) is 53.6 Å². The van der Waals surface area contributed by atoms with Crippen LogP contribution in [0.5, 0.6) is 0 Å². The SMILES string of the molecule is Nc1nc(-c2ccc(Cl)cc2)c2ccccc2n1. The Bertz CT molecular complexity index is 708. The minimum absolute atomic E-state index is 0.277. The molecule has 0 unspecified atom stereocenters. The molecule has 2 N–H and O–H groups in total. The third-order valence-corrected chi connectivity index (χ3v) is 2.99. The van der Waals surface area contributed by atoms with Gasteiger partial charge in [-0.05, 0) is 18.2 Å². The van der Waals surface area contributed by atoms with Crippen LogP contribution in [0.4, 0.5) is 5.95 Å². The third kappa shape index (κ3) is 1.89. The molecule has 0 amide bonds. The van der Waals surface area contributed by atoms with Crippen LogP contribution >= 0.6 is 11.6 Å². The molecule has 0 aliphatic rings. The van der Waals surface area contributed by atoms with E-state index in [1.165, 1.54) is 0 Å².